The number of hydrogen-bond acceptors (Lipinski definition) is 4. The summed E-state index contributed by atoms with van der Waals surface area (Å²) in [6.45, 7) is 7.68. The summed E-state index contributed by atoms with van der Waals surface area (Å²) < 4.78 is 10.9. The molecule has 1 rings (SSSR count). The van der Waals surface area contributed by atoms with Gasteiger partial charge in [-0.15, -0.1) is 0 Å². The Bertz CT molecular complexity index is 421. The molecule has 0 aliphatic rings. The lowest BCUT2D eigenvalue weighted by molar-refractivity contribution is 0.353. The van der Waals surface area contributed by atoms with Crippen LogP contribution in [0.1, 0.15) is 38.8 Å². The first-order valence-corrected chi connectivity index (χ1v) is 8.20. The maximum absolute atomic E-state index is 5.38. The third-order valence-corrected chi connectivity index (χ3v) is 4.79. The summed E-state index contributed by atoms with van der Waals surface area (Å²) in [6, 6.07) is 6.47. The van der Waals surface area contributed by atoms with Gasteiger partial charge in [0, 0.05) is 17.3 Å². The first-order chi connectivity index (χ1) is 9.47. The van der Waals surface area contributed by atoms with E-state index >= 15 is 0 Å². The molecule has 1 unspecified atom stereocenters. The monoisotopic (exact) mass is 297 g/mol. The van der Waals surface area contributed by atoms with Crippen LogP contribution in [0.15, 0.2) is 18.2 Å². The van der Waals surface area contributed by atoms with Gasteiger partial charge in [0.2, 0.25) is 0 Å². The van der Waals surface area contributed by atoms with Gasteiger partial charge in [0.1, 0.15) is 0 Å². The number of methoxy groups -OCH3 is 2. The molecule has 3 nitrogen and oxygen atoms in total. The first-order valence-electron chi connectivity index (χ1n) is 6.97. The lowest BCUT2D eigenvalue weighted by Crippen LogP contribution is -2.34. The second-order valence-electron chi connectivity index (χ2n) is 5.42. The van der Waals surface area contributed by atoms with Gasteiger partial charge in [-0.3, -0.25) is 0 Å². The van der Waals surface area contributed by atoms with Gasteiger partial charge in [-0.1, -0.05) is 13.0 Å². The summed E-state index contributed by atoms with van der Waals surface area (Å²) >= 11 is 1.88. The molecule has 1 N–H and O–H groups in total. The van der Waals surface area contributed by atoms with Crippen LogP contribution in [0.3, 0.4) is 0 Å². The maximum atomic E-state index is 5.38. The van der Waals surface area contributed by atoms with E-state index in [-0.39, 0.29) is 4.75 Å². The molecule has 0 heterocycles. The number of hydrogen-bond donors (Lipinski definition) is 1. The van der Waals surface area contributed by atoms with E-state index in [0.29, 0.717) is 6.04 Å². The molecule has 0 aliphatic heterocycles. The van der Waals surface area contributed by atoms with E-state index in [1.807, 2.05) is 17.8 Å². The van der Waals surface area contributed by atoms with Crippen molar-refractivity contribution in [3.63, 3.8) is 0 Å². The Morgan fingerprint density at radius 2 is 1.85 bits per heavy atom. The Labute approximate surface area is 127 Å². The van der Waals surface area contributed by atoms with Crippen LogP contribution < -0.4 is 14.8 Å². The summed E-state index contributed by atoms with van der Waals surface area (Å²) in [6.07, 6.45) is 3.19. The fraction of sp³-hybridized carbons (Fsp3) is 0.625. The smallest absolute Gasteiger partial charge is 0.161 e. The highest BCUT2D eigenvalue weighted by atomic mass is 32.2. The van der Waals surface area contributed by atoms with Gasteiger partial charge >= 0.3 is 0 Å². The van der Waals surface area contributed by atoms with Crippen molar-refractivity contribution in [2.75, 3.05) is 27.0 Å². The highest BCUT2D eigenvalue weighted by molar-refractivity contribution is 7.99. The molecule has 1 atom stereocenters. The Hall–Kier alpha value is -0.870. The number of rotatable bonds is 8. The topological polar surface area (TPSA) is 30.5 Å². The van der Waals surface area contributed by atoms with Crippen molar-refractivity contribution >= 4 is 11.8 Å². The SMILES string of the molecule is CCC(NCC(C)(C)SC)c1ccc(OC)c(OC)c1. The van der Waals surface area contributed by atoms with Crippen LogP contribution in [0.4, 0.5) is 0 Å². The minimum atomic E-state index is 0.240. The van der Waals surface area contributed by atoms with Crippen molar-refractivity contribution in [1.82, 2.24) is 5.32 Å². The van der Waals surface area contributed by atoms with Gasteiger partial charge in [-0.05, 0) is 44.2 Å². The molecule has 20 heavy (non-hydrogen) atoms. The zero-order valence-electron chi connectivity index (χ0n) is 13.4. The fourth-order valence-corrected chi connectivity index (χ4v) is 2.24. The molecule has 0 aliphatic carbocycles. The Kier molecular flexibility index (Phi) is 6.69. The van der Waals surface area contributed by atoms with Crippen LogP contribution in [0.5, 0.6) is 11.5 Å². The minimum absolute atomic E-state index is 0.240. The third-order valence-electron chi connectivity index (χ3n) is 3.54. The van der Waals surface area contributed by atoms with Gasteiger partial charge in [-0.2, -0.15) is 11.8 Å². The summed E-state index contributed by atoms with van der Waals surface area (Å²) in [5, 5.41) is 3.65. The molecule has 1 aromatic carbocycles. The zero-order chi connectivity index (χ0) is 15.2. The molecule has 0 bridgehead atoms. The van der Waals surface area contributed by atoms with Crippen LogP contribution in [-0.2, 0) is 0 Å². The van der Waals surface area contributed by atoms with E-state index in [9.17, 15) is 0 Å². The van der Waals surface area contributed by atoms with Gasteiger partial charge in [0.25, 0.3) is 0 Å². The minimum Gasteiger partial charge on any atom is -0.493 e. The molecule has 4 heteroatoms. The van der Waals surface area contributed by atoms with Gasteiger partial charge in [-0.25, -0.2) is 0 Å². The van der Waals surface area contributed by atoms with Crippen molar-refractivity contribution in [3.8, 4) is 11.5 Å². The van der Waals surface area contributed by atoms with Gasteiger partial charge < -0.3 is 14.8 Å². The van der Waals surface area contributed by atoms with E-state index in [1.165, 1.54) is 5.56 Å². The average molecular weight is 297 g/mol. The summed E-state index contributed by atoms with van der Waals surface area (Å²) in [5.41, 5.74) is 1.24. The van der Waals surface area contributed by atoms with Gasteiger partial charge in [0.15, 0.2) is 11.5 Å². The molecule has 114 valence electrons. The fourth-order valence-electron chi connectivity index (χ4n) is 2.01. The van der Waals surface area contributed by atoms with E-state index in [0.717, 1.165) is 24.5 Å². The molecule has 0 saturated heterocycles. The highest BCUT2D eigenvalue weighted by Gasteiger charge is 2.19. The summed E-state index contributed by atoms with van der Waals surface area (Å²) in [4.78, 5) is 0. The molecule has 0 saturated carbocycles. The molecule has 0 aromatic heterocycles. The summed E-state index contributed by atoms with van der Waals surface area (Å²) in [5.74, 6) is 1.56. The van der Waals surface area contributed by atoms with Crippen molar-refractivity contribution in [1.29, 1.82) is 0 Å². The maximum Gasteiger partial charge on any atom is 0.161 e. The Balaban J connectivity index is 2.84. The predicted molar refractivity (Wildman–Crippen MR) is 88.2 cm³/mol. The largest absolute Gasteiger partial charge is 0.493 e. The average Bonchev–Trinajstić information content (AvgIpc) is 2.47. The predicted octanol–water partition coefficient (Wildman–Crippen LogP) is 3.89. The highest BCUT2D eigenvalue weighted by Crippen LogP contribution is 2.31. The standard InChI is InChI=1S/C16H27NO2S/c1-7-13(17-11-16(2,3)20-6)12-8-9-14(18-4)15(10-12)19-5/h8-10,13,17H,7,11H2,1-6H3. The Morgan fingerprint density at radius 3 is 2.35 bits per heavy atom. The molecular weight excluding hydrogens is 270 g/mol. The second kappa shape index (κ2) is 7.79. The van der Waals surface area contributed by atoms with Crippen molar-refractivity contribution in [3.05, 3.63) is 23.8 Å². The Morgan fingerprint density at radius 1 is 1.20 bits per heavy atom. The third kappa shape index (κ3) is 4.60. The number of ether oxygens (including phenoxy) is 2. The van der Waals surface area contributed by atoms with E-state index in [4.69, 9.17) is 9.47 Å². The number of thioether (sulfide) groups is 1. The van der Waals surface area contributed by atoms with Crippen LogP contribution in [0.25, 0.3) is 0 Å². The second-order valence-corrected chi connectivity index (χ2v) is 6.93. The first kappa shape index (κ1) is 17.2. The molecular formula is C16H27NO2S. The molecule has 0 amide bonds. The normalized spacial score (nSPS) is 13.1. The van der Waals surface area contributed by atoms with Crippen molar-refractivity contribution < 1.29 is 9.47 Å². The van der Waals surface area contributed by atoms with E-state index in [2.05, 4.69) is 44.5 Å². The zero-order valence-corrected chi connectivity index (χ0v) is 14.3. The van der Waals surface area contributed by atoms with Crippen molar-refractivity contribution in [2.24, 2.45) is 0 Å². The lowest BCUT2D eigenvalue weighted by atomic mass is 10.0. The van der Waals surface area contributed by atoms with E-state index in [1.54, 1.807) is 14.2 Å². The number of nitrogens with one attached hydrogen (secondary N) is 1. The lowest BCUT2D eigenvalue weighted by Gasteiger charge is -2.27. The quantitative estimate of drug-likeness (QED) is 0.788. The molecule has 0 fully saturated rings. The molecule has 1 aromatic rings. The van der Waals surface area contributed by atoms with E-state index < -0.39 is 0 Å². The van der Waals surface area contributed by atoms with Crippen LogP contribution in [-0.4, -0.2) is 31.8 Å². The summed E-state index contributed by atoms with van der Waals surface area (Å²) in [7, 11) is 3.33. The van der Waals surface area contributed by atoms with Crippen LogP contribution >= 0.6 is 11.8 Å². The van der Waals surface area contributed by atoms with Gasteiger partial charge in [0.05, 0.1) is 14.2 Å². The number of benzene rings is 1. The van der Waals surface area contributed by atoms with Crippen LogP contribution in [0, 0.1) is 0 Å². The molecule has 0 spiro atoms. The molecule has 0 radical (unpaired) electrons. The van der Waals surface area contributed by atoms with Crippen molar-refractivity contribution in [2.45, 2.75) is 38.0 Å². The van der Waals surface area contributed by atoms with Crippen LogP contribution in [0.2, 0.25) is 0 Å².